The van der Waals surface area contributed by atoms with Gasteiger partial charge in [0.15, 0.2) is 0 Å². The van der Waals surface area contributed by atoms with Crippen molar-refractivity contribution < 1.29 is 0 Å². The Bertz CT molecular complexity index is 753. The number of aromatic nitrogens is 3. The Balaban J connectivity index is 2.51. The van der Waals surface area contributed by atoms with Gasteiger partial charge in [0.25, 0.3) is 0 Å². The van der Waals surface area contributed by atoms with Crippen LogP contribution in [0.3, 0.4) is 0 Å². The minimum Gasteiger partial charge on any atom is -0.252 e. The summed E-state index contributed by atoms with van der Waals surface area (Å²) < 4.78 is 0. The molecule has 4 heteroatoms. The summed E-state index contributed by atoms with van der Waals surface area (Å²) in [7, 11) is 0. The lowest BCUT2D eigenvalue weighted by Gasteiger charge is -2.06. The molecule has 3 rings (SSSR count). The molecular formula is C14H12ClN3. The first-order valence-electron chi connectivity index (χ1n) is 5.90. The third kappa shape index (κ3) is 1.71. The van der Waals surface area contributed by atoms with E-state index in [9.17, 15) is 0 Å². The average molecular weight is 258 g/mol. The van der Waals surface area contributed by atoms with E-state index in [1.165, 1.54) is 0 Å². The molecule has 0 atom stereocenters. The predicted molar refractivity (Wildman–Crippen MR) is 74.0 cm³/mol. The second-order valence-electron chi connectivity index (χ2n) is 4.29. The molecule has 0 aliphatic rings. The molecule has 0 aromatic carbocycles. The fourth-order valence-electron chi connectivity index (χ4n) is 2.02. The quantitative estimate of drug-likeness (QED) is 0.624. The molecule has 3 aromatic heterocycles. The maximum absolute atomic E-state index is 6.25. The van der Waals surface area contributed by atoms with Crippen LogP contribution in [0.1, 0.15) is 18.3 Å². The Morgan fingerprint density at radius 3 is 2.72 bits per heavy atom. The molecule has 0 unspecified atom stereocenters. The number of pyridine rings is 3. The van der Waals surface area contributed by atoms with Crippen LogP contribution in [0.15, 0.2) is 24.4 Å². The molecule has 0 amide bonds. The Hall–Kier alpha value is -1.74. The normalized spacial score (nSPS) is 11.3. The third-order valence-electron chi connectivity index (χ3n) is 2.98. The maximum Gasteiger partial charge on any atom is 0.117 e. The van der Waals surface area contributed by atoms with E-state index >= 15 is 0 Å². The van der Waals surface area contributed by atoms with E-state index in [2.05, 4.69) is 21.9 Å². The fourth-order valence-corrected chi connectivity index (χ4v) is 2.29. The molecule has 0 fully saturated rings. The topological polar surface area (TPSA) is 38.7 Å². The van der Waals surface area contributed by atoms with Crippen molar-refractivity contribution in [3.63, 3.8) is 0 Å². The van der Waals surface area contributed by atoms with Crippen molar-refractivity contribution >= 4 is 33.5 Å². The molecule has 3 nitrogen and oxygen atoms in total. The van der Waals surface area contributed by atoms with Crippen LogP contribution in [0, 0.1) is 6.92 Å². The van der Waals surface area contributed by atoms with Crippen LogP contribution in [-0.2, 0) is 6.42 Å². The standard InChI is InChI=1S/C14H12ClN3/c1-3-10-6-11(15)13-14(18-10)12-9(7-16-13)5-4-8(2)17-12/h4-7H,3H2,1-2H3. The van der Waals surface area contributed by atoms with Crippen molar-refractivity contribution in [3.8, 4) is 0 Å². The fraction of sp³-hybridized carbons (Fsp3) is 0.214. The summed E-state index contributed by atoms with van der Waals surface area (Å²) in [5.74, 6) is 0. The molecule has 0 aliphatic heterocycles. The van der Waals surface area contributed by atoms with Gasteiger partial charge in [-0.15, -0.1) is 0 Å². The first kappa shape index (κ1) is 11.4. The maximum atomic E-state index is 6.25. The summed E-state index contributed by atoms with van der Waals surface area (Å²) in [5.41, 5.74) is 4.32. The van der Waals surface area contributed by atoms with Gasteiger partial charge in [-0.1, -0.05) is 18.5 Å². The average Bonchev–Trinajstić information content (AvgIpc) is 2.38. The van der Waals surface area contributed by atoms with Crippen LogP contribution >= 0.6 is 11.6 Å². The van der Waals surface area contributed by atoms with Gasteiger partial charge in [-0.2, -0.15) is 0 Å². The Morgan fingerprint density at radius 1 is 1.11 bits per heavy atom. The van der Waals surface area contributed by atoms with Gasteiger partial charge in [-0.25, -0.2) is 4.98 Å². The zero-order valence-electron chi connectivity index (χ0n) is 10.2. The van der Waals surface area contributed by atoms with Gasteiger partial charge in [0.1, 0.15) is 11.0 Å². The summed E-state index contributed by atoms with van der Waals surface area (Å²) in [5, 5.41) is 1.63. The first-order valence-corrected chi connectivity index (χ1v) is 6.28. The van der Waals surface area contributed by atoms with E-state index in [-0.39, 0.29) is 0 Å². The highest BCUT2D eigenvalue weighted by molar-refractivity contribution is 6.35. The molecule has 0 saturated heterocycles. The van der Waals surface area contributed by atoms with Gasteiger partial charge < -0.3 is 0 Å². The molecule has 0 radical (unpaired) electrons. The number of rotatable bonds is 1. The van der Waals surface area contributed by atoms with Crippen LogP contribution in [0.25, 0.3) is 21.9 Å². The highest BCUT2D eigenvalue weighted by Crippen LogP contribution is 2.26. The predicted octanol–water partition coefficient (Wildman–Crippen LogP) is 3.70. The molecule has 90 valence electrons. The number of fused-ring (bicyclic) bond motifs is 3. The molecule has 0 bridgehead atoms. The molecule has 0 spiro atoms. The minimum absolute atomic E-state index is 0.641. The van der Waals surface area contributed by atoms with E-state index in [1.54, 1.807) is 6.20 Å². The summed E-state index contributed by atoms with van der Waals surface area (Å²) in [6.45, 7) is 4.03. The lowest BCUT2D eigenvalue weighted by atomic mass is 10.2. The van der Waals surface area contributed by atoms with Crippen LogP contribution < -0.4 is 0 Å². The highest BCUT2D eigenvalue weighted by atomic mass is 35.5. The summed E-state index contributed by atoms with van der Waals surface area (Å²) in [6.07, 6.45) is 2.64. The van der Waals surface area contributed by atoms with Gasteiger partial charge in [0, 0.05) is 23.0 Å². The van der Waals surface area contributed by atoms with Crippen molar-refractivity contribution in [2.75, 3.05) is 0 Å². The Labute approximate surface area is 110 Å². The SMILES string of the molecule is CCc1cc(Cl)c2ncc3ccc(C)nc3c2n1. The molecule has 0 saturated carbocycles. The lowest BCUT2D eigenvalue weighted by Crippen LogP contribution is -1.94. The molecule has 0 N–H and O–H groups in total. The Morgan fingerprint density at radius 2 is 1.94 bits per heavy atom. The largest absolute Gasteiger partial charge is 0.252 e. The second-order valence-corrected chi connectivity index (χ2v) is 4.70. The number of nitrogens with zero attached hydrogens (tertiary/aromatic N) is 3. The van der Waals surface area contributed by atoms with Crippen molar-refractivity contribution in [2.24, 2.45) is 0 Å². The van der Waals surface area contributed by atoms with E-state index in [0.717, 1.165) is 39.7 Å². The van der Waals surface area contributed by atoms with Crippen molar-refractivity contribution in [2.45, 2.75) is 20.3 Å². The third-order valence-corrected chi connectivity index (χ3v) is 3.27. The molecular weight excluding hydrogens is 246 g/mol. The van der Waals surface area contributed by atoms with Crippen molar-refractivity contribution in [3.05, 3.63) is 40.8 Å². The smallest absolute Gasteiger partial charge is 0.117 e. The molecule has 0 aliphatic carbocycles. The number of aryl methyl sites for hydroxylation is 2. The Kier molecular flexibility index (Phi) is 2.63. The zero-order chi connectivity index (χ0) is 12.7. The van der Waals surface area contributed by atoms with Crippen LogP contribution in [0.5, 0.6) is 0 Å². The first-order chi connectivity index (χ1) is 8.69. The summed E-state index contributed by atoms with van der Waals surface area (Å²) in [4.78, 5) is 13.6. The van der Waals surface area contributed by atoms with Gasteiger partial charge >= 0.3 is 0 Å². The number of halogens is 1. The number of hydrogen-bond donors (Lipinski definition) is 0. The molecule has 3 aromatic rings. The van der Waals surface area contributed by atoms with Crippen molar-refractivity contribution in [1.82, 2.24) is 15.0 Å². The number of hydrogen-bond acceptors (Lipinski definition) is 3. The van der Waals surface area contributed by atoms with E-state index < -0.39 is 0 Å². The van der Waals surface area contributed by atoms with Gasteiger partial charge in [0.2, 0.25) is 0 Å². The van der Waals surface area contributed by atoms with E-state index in [0.29, 0.717) is 5.02 Å². The summed E-state index contributed by atoms with van der Waals surface area (Å²) >= 11 is 6.25. The lowest BCUT2D eigenvalue weighted by molar-refractivity contribution is 1.05. The van der Waals surface area contributed by atoms with E-state index in [4.69, 9.17) is 11.6 Å². The van der Waals surface area contributed by atoms with Crippen molar-refractivity contribution in [1.29, 1.82) is 0 Å². The molecule has 18 heavy (non-hydrogen) atoms. The zero-order valence-corrected chi connectivity index (χ0v) is 11.0. The molecule has 3 heterocycles. The van der Waals surface area contributed by atoms with Crippen LogP contribution in [-0.4, -0.2) is 15.0 Å². The second kappa shape index (κ2) is 4.18. The summed E-state index contributed by atoms with van der Waals surface area (Å²) in [6, 6.07) is 5.86. The van der Waals surface area contributed by atoms with Gasteiger partial charge in [-0.3, -0.25) is 9.97 Å². The van der Waals surface area contributed by atoms with Crippen LogP contribution in [0.2, 0.25) is 5.02 Å². The minimum atomic E-state index is 0.641. The van der Waals surface area contributed by atoms with Gasteiger partial charge in [0.05, 0.1) is 10.5 Å². The van der Waals surface area contributed by atoms with E-state index in [1.807, 2.05) is 25.1 Å². The highest BCUT2D eigenvalue weighted by Gasteiger charge is 2.09. The van der Waals surface area contributed by atoms with Gasteiger partial charge in [-0.05, 0) is 31.5 Å². The van der Waals surface area contributed by atoms with Crippen LogP contribution in [0.4, 0.5) is 0 Å². The monoisotopic (exact) mass is 257 g/mol.